The zero-order valence-electron chi connectivity index (χ0n) is 11.6. The van der Waals surface area contributed by atoms with E-state index in [4.69, 9.17) is 4.74 Å². The number of para-hydroxylation sites is 2. The molecule has 6 heteroatoms. The first kappa shape index (κ1) is 16.6. The molecule has 0 spiro atoms. The molecule has 3 nitrogen and oxygen atoms in total. The third-order valence-electron chi connectivity index (χ3n) is 3.22. The topological polar surface area (TPSA) is 41.5 Å². The first-order valence-corrected chi connectivity index (χ1v) is 6.43. The van der Waals surface area contributed by atoms with E-state index in [2.05, 4.69) is 5.32 Å². The van der Waals surface area contributed by atoms with Crippen LogP contribution in [0.5, 0.6) is 5.75 Å². The Kier molecular flexibility index (Phi) is 5.68. The number of rotatable bonds is 7. The summed E-state index contributed by atoms with van der Waals surface area (Å²) >= 11 is 0. The predicted octanol–water partition coefficient (Wildman–Crippen LogP) is 3.45. The van der Waals surface area contributed by atoms with Gasteiger partial charge >= 0.3 is 6.18 Å². The average Bonchev–Trinajstić information content (AvgIpc) is 2.42. The van der Waals surface area contributed by atoms with Gasteiger partial charge in [0.1, 0.15) is 5.75 Å². The minimum absolute atomic E-state index is 0.00206. The summed E-state index contributed by atoms with van der Waals surface area (Å²) in [4.78, 5) is 0. The smallest absolute Gasteiger partial charge is 0.422 e. The fourth-order valence-corrected chi connectivity index (χ4v) is 1.50. The standard InChI is InChI=1S/C14H20F3NO2/c1-3-13(2,9-19)8-18-11-6-4-5-7-12(11)20-10-14(15,16)17/h4-7,18-19H,3,8-10H2,1-2H3. The molecule has 0 aliphatic rings. The van der Waals surface area contributed by atoms with Crippen LogP contribution in [-0.4, -0.2) is 31.0 Å². The van der Waals surface area contributed by atoms with Crippen molar-refractivity contribution in [2.45, 2.75) is 26.4 Å². The number of halogens is 3. The van der Waals surface area contributed by atoms with E-state index in [-0.39, 0.29) is 17.8 Å². The molecule has 1 aromatic carbocycles. The van der Waals surface area contributed by atoms with Gasteiger partial charge in [-0.05, 0) is 18.6 Å². The van der Waals surface area contributed by atoms with Crippen molar-refractivity contribution in [3.05, 3.63) is 24.3 Å². The van der Waals surface area contributed by atoms with Crippen molar-refractivity contribution in [2.24, 2.45) is 5.41 Å². The summed E-state index contributed by atoms with van der Waals surface area (Å²) < 4.78 is 41.3. The van der Waals surface area contributed by atoms with Crippen LogP contribution < -0.4 is 10.1 Å². The third kappa shape index (κ3) is 5.28. The molecule has 0 aliphatic heterocycles. The number of alkyl halides is 3. The minimum Gasteiger partial charge on any atom is -0.482 e. The van der Waals surface area contributed by atoms with Crippen LogP contribution >= 0.6 is 0 Å². The summed E-state index contributed by atoms with van der Waals surface area (Å²) in [6, 6.07) is 6.46. The maximum atomic E-state index is 12.2. The number of hydrogen-bond acceptors (Lipinski definition) is 3. The highest BCUT2D eigenvalue weighted by Crippen LogP contribution is 2.28. The molecule has 20 heavy (non-hydrogen) atoms. The van der Waals surface area contributed by atoms with E-state index in [1.165, 1.54) is 6.07 Å². The van der Waals surface area contributed by atoms with Gasteiger partial charge in [-0.3, -0.25) is 0 Å². The lowest BCUT2D eigenvalue weighted by molar-refractivity contribution is -0.153. The van der Waals surface area contributed by atoms with Crippen LogP contribution in [0.3, 0.4) is 0 Å². The van der Waals surface area contributed by atoms with Gasteiger partial charge in [-0.1, -0.05) is 26.0 Å². The number of aliphatic hydroxyl groups excluding tert-OH is 1. The number of nitrogens with one attached hydrogen (secondary N) is 1. The maximum Gasteiger partial charge on any atom is 0.422 e. The fraction of sp³-hybridized carbons (Fsp3) is 0.571. The number of hydrogen-bond donors (Lipinski definition) is 2. The molecule has 0 fully saturated rings. The lowest BCUT2D eigenvalue weighted by Gasteiger charge is -2.27. The number of aliphatic hydroxyl groups is 1. The van der Waals surface area contributed by atoms with E-state index in [1.54, 1.807) is 18.2 Å². The summed E-state index contributed by atoms with van der Waals surface area (Å²) in [6.45, 7) is 2.98. The lowest BCUT2D eigenvalue weighted by Crippen LogP contribution is -2.29. The molecule has 0 bridgehead atoms. The zero-order chi connectivity index (χ0) is 15.2. The molecule has 114 valence electrons. The first-order valence-electron chi connectivity index (χ1n) is 6.43. The Morgan fingerprint density at radius 1 is 1.25 bits per heavy atom. The van der Waals surface area contributed by atoms with Crippen LogP contribution in [0.1, 0.15) is 20.3 Å². The molecule has 0 amide bonds. The molecular weight excluding hydrogens is 271 g/mol. The lowest BCUT2D eigenvalue weighted by atomic mass is 9.88. The zero-order valence-corrected chi connectivity index (χ0v) is 11.6. The molecule has 1 rings (SSSR count). The Balaban J connectivity index is 2.71. The third-order valence-corrected chi connectivity index (χ3v) is 3.22. The van der Waals surface area contributed by atoms with Gasteiger partial charge in [-0.15, -0.1) is 0 Å². The van der Waals surface area contributed by atoms with Crippen molar-refractivity contribution >= 4 is 5.69 Å². The van der Waals surface area contributed by atoms with Crippen LogP contribution in [0.25, 0.3) is 0 Å². The summed E-state index contributed by atoms with van der Waals surface area (Å²) in [5.74, 6) is 0.154. The molecule has 2 N–H and O–H groups in total. The molecule has 0 heterocycles. The second kappa shape index (κ2) is 6.83. The molecule has 0 saturated heterocycles. The quantitative estimate of drug-likeness (QED) is 0.808. The van der Waals surface area contributed by atoms with E-state index in [0.29, 0.717) is 12.2 Å². The highest BCUT2D eigenvalue weighted by Gasteiger charge is 2.29. The van der Waals surface area contributed by atoms with Crippen molar-refractivity contribution in [1.29, 1.82) is 0 Å². The van der Waals surface area contributed by atoms with Crippen LogP contribution in [-0.2, 0) is 0 Å². The maximum absolute atomic E-state index is 12.2. The van der Waals surface area contributed by atoms with Crippen molar-refractivity contribution in [1.82, 2.24) is 0 Å². The Morgan fingerprint density at radius 3 is 2.45 bits per heavy atom. The summed E-state index contributed by atoms with van der Waals surface area (Å²) in [7, 11) is 0. The SMILES string of the molecule is CCC(C)(CO)CNc1ccccc1OCC(F)(F)F. The summed E-state index contributed by atoms with van der Waals surface area (Å²) in [5, 5.41) is 12.4. The van der Waals surface area contributed by atoms with E-state index in [9.17, 15) is 18.3 Å². The largest absolute Gasteiger partial charge is 0.482 e. The normalized spacial score (nSPS) is 14.7. The van der Waals surface area contributed by atoms with Gasteiger partial charge in [0.2, 0.25) is 0 Å². The van der Waals surface area contributed by atoms with E-state index >= 15 is 0 Å². The Labute approximate surface area is 116 Å². The summed E-state index contributed by atoms with van der Waals surface area (Å²) in [6.07, 6.45) is -3.61. The average molecular weight is 291 g/mol. The summed E-state index contributed by atoms with van der Waals surface area (Å²) in [5.41, 5.74) is 0.168. The van der Waals surface area contributed by atoms with Gasteiger partial charge in [0.15, 0.2) is 6.61 Å². The van der Waals surface area contributed by atoms with E-state index < -0.39 is 12.8 Å². The van der Waals surface area contributed by atoms with Crippen LogP contribution in [0, 0.1) is 5.41 Å². The fourth-order valence-electron chi connectivity index (χ4n) is 1.50. The second-order valence-corrected chi connectivity index (χ2v) is 5.08. The second-order valence-electron chi connectivity index (χ2n) is 5.08. The van der Waals surface area contributed by atoms with Crippen LogP contribution in [0.4, 0.5) is 18.9 Å². The molecule has 0 saturated carbocycles. The van der Waals surface area contributed by atoms with Crippen molar-refractivity contribution in [2.75, 3.05) is 25.1 Å². The van der Waals surface area contributed by atoms with E-state index in [0.717, 1.165) is 6.42 Å². The Hall–Kier alpha value is -1.43. The number of benzene rings is 1. The minimum atomic E-state index is -4.36. The molecule has 1 atom stereocenters. The first-order chi connectivity index (χ1) is 9.29. The van der Waals surface area contributed by atoms with E-state index in [1.807, 2.05) is 13.8 Å². The number of anilines is 1. The van der Waals surface area contributed by atoms with Crippen molar-refractivity contribution < 1.29 is 23.0 Å². The molecule has 0 radical (unpaired) electrons. The van der Waals surface area contributed by atoms with Crippen molar-refractivity contribution in [3.8, 4) is 5.75 Å². The highest BCUT2D eigenvalue weighted by molar-refractivity contribution is 5.56. The molecule has 0 aromatic heterocycles. The van der Waals surface area contributed by atoms with Gasteiger partial charge in [0.05, 0.1) is 12.3 Å². The van der Waals surface area contributed by atoms with Crippen LogP contribution in [0.2, 0.25) is 0 Å². The van der Waals surface area contributed by atoms with Gasteiger partial charge in [0.25, 0.3) is 0 Å². The molecule has 1 unspecified atom stereocenters. The van der Waals surface area contributed by atoms with Gasteiger partial charge in [0, 0.05) is 12.0 Å². The highest BCUT2D eigenvalue weighted by atomic mass is 19.4. The molecule has 0 aliphatic carbocycles. The monoisotopic (exact) mass is 291 g/mol. The van der Waals surface area contributed by atoms with Crippen LogP contribution in [0.15, 0.2) is 24.3 Å². The molecular formula is C14H20F3NO2. The molecule has 1 aromatic rings. The van der Waals surface area contributed by atoms with Gasteiger partial charge in [-0.25, -0.2) is 0 Å². The van der Waals surface area contributed by atoms with Gasteiger partial charge < -0.3 is 15.2 Å². The Bertz CT molecular complexity index is 417. The number of ether oxygens (including phenoxy) is 1. The predicted molar refractivity (Wildman–Crippen MR) is 72.0 cm³/mol. The van der Waals surface area contributed by atoms with Gasteiger partial charge in [-0.2, -0.15) is 13.2 Å². The Morgan fingerprint density at radius 2 is 1.90 bits per heavy atom. The van der Waals surface area contributed by atoms with Crippen molar-refractivity contribution in [3.63, 3.8) is 0 Å².